The van der Waals surface area contributed by atoms with Gasteiger partial charge in [-0.05, 0) is 48.9 Å². The minimum absolute atomic E-state index is 0.203. The molecule has 0 saturated carbocycles. The topological polar surface area (TPSA) is 94.8 Å². The van der Waals surface area contributed by atoms with Crippen molar-refractivity contribution in [2.24, 2.45) is 0 Å². The minimum atomic E-state index is -0.867. The van der Waals surface area contributed by atoms with Crippen LogP contribution in [0.5, 0.6) is 17.2 Å². The van der Waals surface area contributed by atoms with Crippen molar-refractivity contribution in [1.82, 2.24) is 0 Å². The van der Waals surface area contributed by atoms with Gasteiger partial charge in [0.25, 0.3) is 0 Å². The Morgan fingerprint density at radius 3 is 2.53 bits per heavy atom. The van der Waals surface area contributed by atoms with Gasteiger partial charge in [-0.1, -0.05) is 12.1 Å². The molecule has 0 bridgehead atoms. The van der Waals surface area contributed by atoms with Crippen molar-refractivity contribution in [1.29, 1.82) is 5.26 Å². The number of carbonyl (C=O) groups is 2. The average molecular weight is 407 g/mol. The molecule has 1 heterocycles. The van der Waals surface area contributed by atoms with Crippen LogP contribution in [0, 0.1) is 11.3 Å². The molecule has 7 nitrogen and oxygen atoms in total. The van der Waals surface area contributed by atoms with Crippen LogP contribution in [-0.4, -0.2) is 38.2 Å². The van der Waals surface area contributed by atoms with Crippen molar-refractivity contribution in [3.8, 4) is 23.3 Å². The molecule has 0 amide bonds. The first-order valence-electron chi connectivity index (χ1n) is 9.55. The van der Waals surface area contributed by atoms with Crippen molar-refractivity contribution in [2.75, 3.05) is 26.4 Å². The number of ketones is 1. The number of hydrogen-bond acceptors (Lipinski definition) is 7. The summed E-state index contributed by atoms with van der Waals surface area (Å²) in [6, 6.07) is 13.5. The van der Waals surface area contributed by atoms with Gasteiger partial charge in [0.1, 0.15) is 17.4 Å². The molecule has 1 aliphatic heterocycles. The third-order valence-electron chi connectivity index (χ3n) is 4.25. The Morgan fingerprint density at radius 2 is 1.83 bits per heavy atom. The van der Waals surface area contributed by atoms with Gasteiger partial charge in [0, 0.05) is 12.0 Å². The first kappa shape index (κ1) is 20.9. The Labute approximate surface area is 174 Å². The molecule has 0 aromatic heterocycles. The second-order valence-electron chi connectivity index (χ2n) is 6.38. The lowest BCUT2D eigenvalue weighted by molar-refractivity contribution is -0.137. The van der Waals surface area contributed by atoms with Crippen molar-refractivity contribution in [3.05, 3.63) is 59.2 Å². The van der Waals surface area contributed by atoms with E-state index in [1.165, 1.54) is 6.08 Å². The second kappa shape index (κ2) is 10.1. The molecule has 0 unspecified atom stereocenters. The standard InChI is InChI=1S/C23H21NO6/c1-2-27-19-7-4-16(5-8-19)12-18(14-24)23(26)30-15-20(25)17-6-9-21-22(13-17)29-11-3-10-28-21/h4-9,12-13H,2-3,10-11,15H2,1H3/b18-12+. The summed E-state index contributed by atoms with van der Waals surface area (Å²) in [4.78, 5) is 24.6. The molecule has 0 saturated heterocycles. The number of esters is 1. The molecular formula is C23H21NO6. The van der Waals surface area contributed by atoms with Gasteiger partial charge in [0.2, 0.25) is 0 Å². The SMILES string of the molecule is CCOc1ccc(/C=C(\C#N)C(=O)OCC(=O)c2ccc3c(c2)OCCCO3)cc1. The molecular weight excluding hydrogens is 386 g/mol. The van der Waals surface area contributed by atoms with Crippen LogP contribution >= 0.6 is 0 Å². The van der Waals surface area contributed by atoms with Gasteiger partial charge in [-0.15, -0.1) is 0 Å². The lowest BCUT2D eigenvalue weighted by Gasteiger charge is -2.09. The molecule has 3 rings (SSSR count). The van der Waals surface area contributed by atoms with Crippen LogP contribution in [0.2, 0.25) is 0 Å². The lowest BCUT2D eigenvalue weighted by atomic mass is 10.1. The molecule has 2 aromatic rings. The largest absolute Gasteiger partial charge is 0.494 e. The van der Waals surface area contributed by atoms with Gasteiger partial charge in [-0.25, -0.2) is 4.79 Å². The molecule has 0 N–H and O–H groups in total. The van der Waals surface area contributed by atoms with Crippen LogP contribution in [0.1, 0.15) is 29.3 Å². The van der Waals surface area contributed by atoms with E-state index >= 15 is 0 Å². The number of fused-ring (bicyclic) bond motifs is 1. The van der Waals surface area contributed by atoms with Crippen molar-refractivity contribution in [3.63, 3.8) is 0 Å². The zero-order chi connectivity index (χ0) is 21.3. The van der Waals surface area contributed by atoms with E-state index < -0.39 is 18.4 Å². The summed E-state index contributed by atoms with van der Waals surface area (Å²) in [6.45, 7) is 2.99. The normalized spacial score (nSPS) is 13.0. The fourth-order valence-corrected chi connectivity index (χ4v) is 2.76. The molecule has 0 spiro atoms. The molecule has 154 valence electrons. The van der Waals surface area contributed by atoms with Gasteiger partial charge < -0.3 is 18.9 Å². The lowest BCUT2D eigenvalue weighted by Crippen LogP contribution is -2.15. The van der Waals surface area contributed by atoms with Gasteiger partial charge >= 0.3 is 5.97 Å². The predicted molar refractivity (Wildman–Crippen MR) is 109 cm³/mol. The summed E-state index contributed by atoms with van der Waals surface area (Å²) < 4.78 is 21.5. The van der Waals surface area contributed by atoms with Crippen LogP contribution in [-0.2, 0) is 9.53 Å². The summed E-state index contributed by atoms with van der Waals surface area (Å²) in [7, 11) is 0. The van der Waals surface area contributed by atoms with Crippen molar-refractivity contribution >= 4 is 17.8 Å². The third-order valence-corrected chi connectivity index (χ3v) is 4.25. The predicted octanol–water partition coefficient (Wildman–Crippen LogP) is 3.58. The molecule has 0 radical (unpaired) electrons. The number of hydrogen-bond donors (Lipinski definition) is 0. The number of nitrogens with zero attached hydrogens (tertiary/aromatic N) is 1. The monoisotopic (exact) mass is 407 g/mol. The Hall–Kier alpha value is -3.79. The molecule has 2 aromatic carbocycles. The van der Waals surface area contributed by atoms with E-state index in [1.807, 2.05) is 13.0 Å². The Balaban J connectivity index is 1.62. The van der Waals surface area contributed by atoms with E-state index in [-0.39, 0.29) is 5.57 Å². The van der Waals surface area contributed by atoms with E-state index in [2.05, 4.69) is 0 Å². The van der Waals surface area contributed by atoms with Gasteiger partial charge in [-0.2, -0.15) is 5.26 Å². The summed E-state index contributed by atoms with van der Waals surface area (Å²) in [5.41, 5.74) is 0.771. The number of nitriles is 1. The number of carbonyl (C=O) groups excluding carboxylic acids is 2. The third kappa shape index (κ3) is 5.39. The number of benzene rings is 2. The molecule has 7 heteroatoms. The number of Topliss-reactive ketones (excluding diaryl/α,β-unsaturated/α-hetero) is 1. The average Bonchev–Trinajstić information content (AvgIpc) is 3.01. The Bertz CT molecular complexity index is 988. The second-order valence-corrected chi connectivity index (χ2v) is 6.38. The van der Waals surface area contributed by atoms with Crippen LogP contribution in [0.3, 0.4) is 0 Å². The molecule has 1 aliphatic rings. The van der Waals surface area contributed by atoms with E-state index in [0.29, 0.717) is 48.2 Å². The molecule has 0 aliphatic carbocycles. The smallest absolute Gasteiger partial charge is 0.349 e. The van der Waals surface area contributed by atoms with E-state index in [4.69, 9.17) is 18.9 Å². The molecule has 0 fully saturated rings. The maximum atomic E-state index is 12.4. The number of rotatable bonds is 7. The summed E-state index contributed by atoms with van der Waals surface area (Å²) >= 11 is 0. The van der Waals surface area contributed by atoms with E-state index in [0.717, 1.165) is 6.42 Å². The van der Waals surface area contributed by atoms with Gasteiger partial charge in [0.05, 0.1) is 19.8 Å². The minimum Gasteiger partial charge on any atom is -0.494 e. The highest BCUT2D eigenvalue weighted by atomic mass is 16.5. The maximum absolute atomic E-state index is 12.4. The summed E-state index contributed by atoms with van der Waals surface area (Å²) in [5.74, 6) is 0.479. The molecule has 0 atom stereocenters. The zero-order valence-corrected chi connectivity index (χ0v) is 16.6. The van der Waals surface area contributed by atoms with Crippen molar-refractivity contribution < 1.29 is 28.5 Å². The Morgan fingerprint density at radius 1 is 1.10 bits per heavy atom. The highest BCUT2D eigenvalue weighted by Gasteiger charge is 2.17. The van der Waals surface area contributed by atoms with Gasteiger partial charge in [-0.3, -0.25) is 4.79 Å². The maximum Gasteiger partial charge on any atom is 0.349 e. The fourth-order valence-electron chi connectivity index (χ4n) is 2.76. The first-order chi connectivity index (χ1) is 14.6. The molecule has 30 heavy (non-hydrogen) atoms. The quantitative estimate of drug-likeness (QED) is 0.300. The summed E-state index contributed by atoms with van der Waals surface area (Å²) in [5, 5.41) is 9.28. The van der Waals surface area contributed by atoms with E-state index in [9.17, 15) is 14.9 Å². The van der Waals surface area contributed by atoms with Crippen LogP contribution < -0.4 is 14.2 Å². The number of ether oxygens (including phenoxy) is 4. The van der Waals surface area contributed by atoms with Crippen LogP contribution in [0.15, 0.2) is 48.0 Å². The first-order valence-corrected chi connectivity index (χ1v) is 9.55. The van der Waals surface area contributed by atoms with Gasteiger partial charge in [0.15, 0.2) is 23.9 Å². The summed E-state index contributed by atoms with van der Waals surface area (Å²) in [6.07, 6.45) is 2.16. The highest BCUT2D eigenvalue weighted by Crippen LogP contribution is 2.30. The zero-order valence-electron chi connectivity index (χ0n) is 16.6. The van der Waals surface area contributed by atoms with E-state index in [1.54, 1.807) is 42.5 Å². The Kier molecular flexibility index (Phi) is 7.06. The highest BCUT2D eigenvalue weighted by molar-refractivity contribution is 6.02. The van der Waals surface area contributed by atoms with Crippen molar-refractivity contribution in [2.45, 2.75) is 13.3 Å². The van der Waals surface area contributed by atoms with Crippen LogP contribution in [0.25, 0.3) is 6.08 Å². The fraction of sp³-hybridized carbons (Fsp3) is 0.261. The van der Waals surface area contributed by atoms with Crippen LogP contribution in [0.4, 0.5) is 0 Å².